The molecule has 20 heavy (non-hydrogen) atoms. The maximum absolute atomic E-state index is 8.83. The van der Waals surface area contributed by atoms with Gasteiger partial charge in [-0.3, -0.25) is 0 Å². The summed E-state index contributed by atoms with van der Waals surface area (Å²) in [6.45, 7) is 0.860. The predicted octanol–water partition coefficient (Wildman–Crippen LogP) is 3.41. The number of nitrogens with one attached hydrogen (secondary N) is 1. The topological polar surface area (TPSA) is 45.0 Å². The highest BCUT2D eigenvalue weighted by molar-refractivity contribution is 7.99. The average Bonchev–Trinajstić information content (AvgIpc) is 2.49. The van der Waals surface area contributed by atoms with Crippen LogP contribution in [0, 0.1) is 11.3 Å². The Morgan fingerprint density at radius 2 is 2.00 bits per heavy atom. The Labute approximate surface area is 124 Å². The molecule has 0 bridgehead atoms. The van der Waals surface area contributed by atoms with E-state index in [0.717, 1.165) is 25.1 Å². The minimum Gasteiger partial charge on any atom is -0.382 e. The van der Waals surface area contributed by atoms with E-state index in [2.05, 4.69) is 11.4 Å². The van der Waals surface area contributed by atoms with E-state index >= 15 is 0 Å². The Morgan fingerprint density at radius 3 is 2.70 bits per heavy atom. The molecule has 1 aromatic rings. The normalized spacial score (nSPS) is 25.1. The van der Waals surface area contributed by atoms with Crippen molar-refractivity contribution >= 4 is 17.4 Å². The number of rotatable bonds is 2. The van der Waals surface area contributed by atoms with Crippen molar-refractivity contribution in [3.8, 4) is 6.07 Å². The molecule has 2 fully saturated rings. The fraction of sp³-hybridized carbons (Fsp3) is 0.562. The molecule has 3 nitrogen and oxygen atoms in total. The van der Waals surface area contributed by atoms with Crippen molar-refractivity contribution in [3.05, 3.63) is 29.8 Å². The standard InChI is InChI=1S/C16H20N2OS/c17-12-13-1-3-14(4-2-13)18-15-5-8-19-16(11-15)6-9-20-10-7-16/h1-4,15,18H,5-11H2. The Kier molecular flexibility index (Phi) is 4.18. The summed E-state index contributed by atoms with van der Waals surface area (Å²) < 4.78 is 6.11. The summed E-state index contributed by atoms with van der Waals surface area (Å²) in [7, 11) is 0. The van der Waals surface area contributed by atoms with Gasteiger partial charge in [0.25, 0.3) is 0 Å². The molecule has 2 saturated heterocycles. The van der Waals surface area contributed by atoms with Crippen LogP contribution in [0.25, 0.3) is 0 Å². The highest BCUT2D eigenvalue weighted by atomic mass is 32.2. The van der Waals surface area contributed by atoms with Crippen LogP contribution in [0.4, 0.5) is 5.69 Å². The summed E-state index contributed by atoms with van der Waals surface area (Å²) in [5, 5.41) is 12.4. The number of thioether (sulfide) groups is 1. The maximum atomic E-state index is 8.83. The van der Waals surface area contributed by atoms with Gasteiger partial charge in [0.2, 0.25) is 0 Å². The van der Waals surface area contributed by atoms with Crippen LogP contribution in [0.1, 0.15) is 31.2 Å². The number of anilines is 1. The molecule has 1 aromatic carbocycles. The first-order valence-corrected chi connectivity index (χ1v) is 8.44. The van der Waals surface area contributed by atoms with Gasteiger partial charge in [0, 0.05) is 18.3 Å². The van der Waals surface area contributed by atoms with E-state index < -0.39 is 0 Å². The van der Waals surface area contributed by atoms with Gasteiger partial charge < -0.3 is 10.1 Å². The Hall–Kier alpha value is -1.18. The Morgan fingerprint density at radius 1 is 1.25 bits per heavy atom. The lowest BCUT2D eigenvalue weighted by Gasteiger charge is -2.43. The van der Waals surface area contributed by atoms with E-state index in [1.807, 2.05) is 36.0 Å². The molecule has 1 atom stereocenters. The quantitative estimate of drug-likeness (QED) is 0.905. The van der Waals surface area contributed by atoms with Crippen LogP contribution in [0.5, 0.6) is 0 Å². The van der Waals surface area contributed by atoms with E-state index in [4.69, 9.17) is 10.00 Å². The Bertz CT molecular complexity index is 483. The molecule has 1 N–H and O–H groups in total. The van der Waals surface area contributed by atoms with E-state index in [1.165, 1.54) is 24.3 Å². The van der Waals surface area contributed by atoms with Crippen LogP contribution >= 0.6 is 11.8 Å². The maximum Gasteiger partial charge on any atom is 0.0991 e. The Balaban J connectivity index is 1.63. The summed E-state index contributed by atoms with van der Waals surface area (Å²) in [5.41, 5.74) is 1.94. The highest BCUT2D eigenvalue weighted by Gasteiger charge is 2.38. The van der Waals surface area contributed by atoms with Crippen LogP contribution in [-0.4, -0.2) is 29.8 Å². The summed E-state index contributed by atoms with van der Waals surface area (Å²) in [6.07, 6.45) is 4.54. The first kappa shape index (κ1) is 13.8. The lowest BCUT2D eigenvalue weighted by molar-refractivity contribution is -0.0865. The molecular formula is C16H20N2OS. The molecule has 0 aliphatic carbocycles. The molecule has 0 aromatic heterocycles. The number of hydrogen-bond acceptors (Lipinski definition) is 4. The van der Waals surface area contributed by atoms with Crippen molar-refractivity contribution < 1.29 is 4.74 Å². The molecule has 3 rings (SSSR count). The molecular weight excluding hydrogens is 268 g/mol. The molecule has 0 amide bonds. The second kappa shape index (κ2) is 6.07. The zero-order valence-corrected chi connectivity index (χ0v) is 12.4. The summed E-state index contributed by atoms with van der Waals surface area (Å²) in [6, 6.07) is 10.4. The lowest BCUT2D eigenvalue weighted by Crippen LogP contribution is -2.46. The summed E-state index contributed by atoms with van der Waals surface area (Å²) >= 11 is 2.04. The molecule has 2 heterocycles. The molecule has 4 heteroatoms. The van der Waals surface area contributed by atoms with Crippen LogP contribution in [0.2, 0.25) is 0 Å². The third kappa shape index (κ3) is 3.11. The van der Waals surface area contributed by atoms with Gasteiger partial charge in [-0.15, -0.1) is 0 Å². The van der Waals surface area contributed by atoms with Crippen molar-refractivity contribution in [2.24, 2.45) is 0 Å². The van der Waals surface area contributed by atoms with Crippen molar-refractivity contribution in [2.45, 2.75) is 37.3 Å². The fourth-order valence-electron chi connectivity index (χ4n) is 3.12. The second-order valence-electron chi connectivity index (χ2n) is 5.67. The zero-order valence-electron chi connectivity index (χ0n) is 11.6. The van der Waals surface area contributed by atoms with E-state index in [0.29, 0.717) is 11.6 Å². The minimum atomic E-state index is 0.119. The predicted molar refractivity (Wildman–Crippen MR) is 83.0 cm³/mol. The number of nitriles is 1. The number of nitrogens with zero attached hydrogens (tertiary/aromatic N) is 1. The van der Waals surface area contributed by atoms with Gasteiger partial charge >= 0.3 is 0 Å². The van der Waals surface area contributed by atoms with Crippen molar-refractivity contribution in [1.82, 2.24) is 0 Å². The molecule has 1 spiro atoms. The third-order valence-corrected chi connectivity index (χ3v) is 5.27. The van der Waals surface area contributed by atoms with Crippen molar-refractivity contribution in [2.75, 3.05) is 23.4 Å². The van der Waals surface area contributed by atoms with Crippen LogP contribution in [0.15, 0.2) is 24.3 Å². The van der Waals surface area contributed by atoms with Gasteiger partial charge in [-0.1, -0.05) is 0 Å². The van der Waals surface area contributed by atoms with Crippen LogP contribution in [0.3, 0.4) is 0 Å². The zero-order chi connectivity index (χ0) is 13.8. The number of hydrogen-bond donors (Lipinski definition) is 1. The van der Waals surface area contributed by atoms with Crippen LogP contribution < -0.4 is 5.32 Å². The molecule has 0 saturated carbocycles. The van der Waals surface area contributed by atoms with Gasteiger partial charge in [0.05, 0.1) is 17.2 Å². The first-order chi connectivity index (χ1) is 9.80. The van der Waals surface area contributed by atoms with Gasteiger partial charge in [-0.2, -0.15) is 17.0 Å². The van der Waals surface area contributed by atoms with Gasteiger partial charge in [0.15, 0.2) is 0 Å². The van der Waals surface area contributed by atoms with Crippen molar-refractivity contribution in [1.29, 1.82) is 5.26 Å². The monoisotopic (exact) mass is 288 g/mol. The molecule has 106 valence electrons. The second-order valence-corrected chi connectivity index (χ2v) is 6.89. The van der Waals surface area contributed by atoms with E-state index in [9.17, 15) is 0 Å². The van der Waals surface area contributed by atoms with Crippen molar-refractivity contribution in [3.63, 3.8) is 0 Å². The number of benzene rings is 1. The van der Waals surface area contributed by atoms with Gasteiger partial charge in [-0.05, 0) is 61.5 Å². The summed E-state index contributed by atoms with van der Waals surface area (Å²) in [4.78, 5) is 0. The largest absolute Gasteiger partial charge is 0.382 e. The lowest BCUT2D eigenvalue weighted by atomic mass is 9.85. The van der Waals surface area contributed by atoms with Gasteiger partial charge in [0.1, 0.15) is 0 Å². The van der Waals surface area contributed by atoms with E-state index in [-0.39, 0.29) is 5.60 Å². The average molecular weight is 288 g/mol. The smallest absolute Gasteiger partial charge is 0.0991 e. The number of ether oxygens (including phenoxy) is 1. The summed E-state index contributed by atoms with van der Waals surface area (Å²) in [5.74, 6) is 2.45. The molecule has 0 radical (unpaired) electrons. The first-order valence-electron chi connectivity index (χ1n) is 7.28. The molecule has 1 unspecified atom stereocenters. The fourth-order valence-corrected chi connectivity index (χ4v) is 4.36. The molecule has 2 aliphatic heterocycles. The highest BCUT2D eigenvalue weighted by Crippen LogP contribution is 2.38. The minimum absolute atomic E-state index is 0.119. The van der Waals surface area contributed by atoms with Crippen LogP contribution in [-0.2, 0) is 4.74 Å². The van der Waals surface area contributed by atoms with Gasteiger partial charge in [-0.25, -0.2) is 0 Å². The third-order valence-electron chi connectivity index (χ3n) is 4.28. The SMILES string of the molecule is N#Cc1ccc(NC2CCOC3(CCSCC3)C2)cc1. The van der Waals surface area contributed by atoms with E-state index in [1.54, 1.807) is 0 Å². The molecule has 2 aliphatic rings.